The maximum absolute atomic E-state index is 12.5. The molecule has 96 valence electrons. The van der Waals surface area contributed by atoms with Gasteiger partial charge in [0.05, 0.1) is 11.6 Å². The van der Waals surface area contributed by atoms with Gasteiger partial charge in [0.2, 0.25) is 0 Å². The smallest absolute Gasteiger partial charge is 0.391 e. The van der Waals surface area contributed by atoms with E-state index in [1.54, 1.807) is 17.9 Å². The number of hydrogen-bond acceptors (Lipinski definition) is 3. The van der Waals surface area contributed by atoms with E-state index in [1.165, 1.54) is 0 Å². The Morgan fingerprint density at radius 3 is 2.35 bits per heavy atom. The average Bonchev–Trinajstić information content (AvgIpc) is 2.57. The van der Waals surface area contributed by atoms with E-state index in [2.05, 4.69) is 5.10 Å². The van der Waals surface area contributed by atoms with Crippen molar-refractivity contribution in [1.82, 2.24) is 9.78 Å². The van der Waals surface area contributed by atoms with Crippen molar-refractivity contribution in [1.29, 1.82) is 0 Å². The van der Waals surface area contributed by atoms with Gasteiger partial charge in [-0.1, -0.05) is 0 Å². The zero-order valence-electron chi connectivity index (χ0n) is 9.54. The molecule has 0 bridgehead atoms. The maximum atomic E-state index is 12.5. The predicted molar refractivity (Wildman–Crippen MR) is 58.6 cm³/mol. The molecule has 0 radical (unpaired) electrons. The number of hydrogen-bond donors (Lipinski definition) is 1. The fourth-order valence-corrected chi connectivity index (χ4v) is 2.16. The third-order valence-electron chi connectivity index (χ3n) is 3.09. The molecule has 4 nitrogen and oxygen atoms in total. The van der Waals surface area contributed by atoms with Crippen molar-refractivity contribution < 1.29 is 13.2 Å². The molecule has 17 heavy (non-hydrogen) atoms. The highest BCUT2D eigenvalue weighted by Gasteiger charge is 2.41. The highest BCUT2D eigenvalue weighted by atomic mass is 19.4. The Labute approximate surface area is 97.2 Å². The van der Waals surface area contributed by atoms with E-state index in [9.17, 15) is 13.2 Å². The van der Waals surface area contributed by atoms with Gasteiger partial charge in [0, 0.05) is 26.3 Å². The SMILES string of the molecule is Cn1cc(N)c(N2CCC(C(F)(F)F)CC2)n1. The van der Waals surface area contributed by atoms with Gasteiger partial charge < -0.3 is 10.6 Å². The summed E-state index contributed by atoms with van der Waals surface area (Å²) in [4.78, 5) is 1.82. The van der Waals surface area contributed by atoms with Crippen LogP contribution in [0, 0.1) is 5.92 Å². The Hall–Kier alpha value is -1.40. The van der Waals surface area contributed by atoms with Gasteiger partial charge in [0.1, 0.15) is 0 Å². The Bertz CT molecular complexity index is 391. The van der Waals surface area contributed by atoms with Crippen LogP contribution in [-0.2, 0) is 7.05 Å². The number of nitrogens with zero attached hydrogens (tertiary/aromatic N) is 3. The summed E-state index contributed by atoms with van der Waals surface area (Å²) in [6.45, 7) is 0.705. The van der Waals surface area contributed by atoms with Gasteiger partial charge >= 0.3 is 6.18 Å². The Morgan fingerprint density at radius 1 is 1.35 bits per heavy atom. The number of rotatable bonds is 1. The number of alkyl halides is 3. The number of aromatic nitrogens is 2. The van der Waals surface area contributed by atoms with Crippen molar-refractivity contribution in [3.05, 3.63) is 6.20 Å². The molecule has 1 aliphatic heterocycles. The fraction of sp³-hybridized carbons (Fsp3) is 0.700. The molecule has 2 N–H and O–H groups in total. The summed E-state index contributed by atoms with van der Waals surface area (Å²) in [5.74, 6) is -0.600. The Morgan fingerprint density at radius 2 is 1.94 bits per heavy atom. The number of nitrogens with two attached hydrogens (primary N) is 1. The summed E-state index contributed by atoms with van der Waals surface area (Å²) >= 11 is 0. The standard InChI is InChI=1S/C10H15F3N4/c1-16-6-8(14)9(15-16)17-4-2-7(3-5-17)10(11,12)13/h6-7H,2-5,14H2,1H3. The van der Waals surface area contributed by atoms with Crippen LogP contribution < -0.4 is 10.6 Å². The first kappa shape index (κ1) is 12.1. The number of piperidine rings is 1. The maximum Gasteiger partial charge on any atom is 0.391 e. The lowest BCUT2D eigenvalue weighted by molar-refractivity contribution is -0.179. The van der Waals surface area contributed by atoms with Crippen molar-refractivity contribution in [2.75, 3.05) is 23.7 Å². The summed E-state index contributed by atoms with van der Waals surface area (Å²) in [5, 5.41) is 4.16. The molecule has 1 aromatic rings. The van der Waals surface area contributed by atoms with Gasteiger partial charge in [0.25, 0.3) is 0 Å². The van der Waals surface area contributed by atoms with Crippen molar-refractivity contribution in [3.8, 4) is 0 Å². The topological polar surface area (TPSA) is 47.1 Å². The summed E-state index contributed by atoms with van der Waals surface area (Å²) < 4.78 is 39.0. The molecule has 1 fully saturated rings. The highest BCUT2D eigenvalue weighted by Crippen LogP contribution is 2.35. The van der Waals surface area contributed by atoms with E-state index in [1.807, 2.05) is 4.90 Å². The van der Waals surface area contributed by atoms with Crippen LogP contribution >= 0.6 is 0 Å². The largest absolute Gasteiger partial charge is 0.394 e. The Kier molecular flexibility index (Phi) is 2.92. The van der Waals surface area contributed by atoms with Gasteiger partial charge in [-0.15, -0.1) is 0 Å². The second-order valence-corrected chi connectivity index (χ2v) is 4.38. The van der Waals surface area contributed by atoms with Crippen LogP contribution in [0.1, 0.15) is 12.8 Å². The van der Waals surface area contributed by atoms with Gasteiger partial charge in [-0.2, -0.15) is 18.3 Å². The first-order valence-corrected chi connectivity index (χ1v) is 5.48. The van der Waals surface area contributed by atoms with E-state index in [0.29, 0.717) is 24.6 Å². The van der Waals surface area contributed by atoms with Gasteiger partial charge in [-0.3, -0.25) is 4.68 Å². The molecule has 0 atom stereocenters. The number of halogens is 3. The normalized spacial score (nSPS) is 18.7. The molecule has 0 amide bonds. The molecule has 1 aliphatic rings. The van der Waals surface area contributed by atoms with Crippen LogP contribution in [-0.4, -0.2) is 29.0 Å². The van der Waals surface area contributed by atoms with E-state index in [4.69, 9.17) is 5.73 Å². The average molecular weight is 248 g/mol. The molecular formula is C10H15F3N4. The zero-order chi connectivity index (χ0) is 12.6. The molecular weight excluding hydrogens is 233 g/mol. The lowest BCUT2D eigenvalue weighted by atomic mass is 9.96. The van der Waals surface area contributed by atoms with E-state index >= 15 is 0 Å². The van der Waals surface area contributed by atoms with Crippen molar-refractivity contribution in [2.45, 2.75) is 19.0 Å². The Balaban J connectivity index is 2.02. The van der Waals surface area contributed by atoms with Crippen molar-refractivity contribution >= 4 is 11.5 Å². The summed E-state index contributed by atoms with van der Waals surface area (Å²) in [6, 6.07) is 0. The molecule has 2 rings (SSSR count). The van der Waals surface area contributed by atoms with Crippen molar-refractivity contribution in [3.63, 3.8) is 0 Å². The number of anilines is 2. The molecule has 0 aliphatic carbocycles. The van der Waals surface area contributed by atoms with Crippen LogP contribution in [0.5, 0.6) is 0 Å². The van der Waals surface area contributed by atoms with Gasteiger partial charge in [-0.25, -0.2) is 0 Å². The monoisotopic (exact) mass is 248 g/mol. The summed E-state index contributed by atoms with van der Waals surface area (Å²) in [7, 11) is 1.74. The van der Waals surface area contributed by atoms with Gasteiger partial charge in [0.15, 0.2) is 5.82 Å². The molecule has 0 spiro atoms. The van der Waals surface area contributed by atoms with Crippen LogP contribution in [0.25, 0.3) is 0 Å². The summed E-state index contributed by atoms with van der Waals surface area (Å²) in [5.41, 5.74) is 6.26. The number of nitrogen functional groups attached to an aromatic ring is 1. The van der Waals surface area contributed by atoms with Gasteiger partial charge in [-0.05, 0) is 12.8 Å². The lowest BCUT2D eigenvalue weighted by Crippen LogP contribution is -2.39. The lowest BCUT2D eigenvalue weighted by Gasteiger charge is -2.33. The second kappa shape index (κ2) is 4.12. The van der Waals surface area contributed by atoms with E-state index in [0.717, 1.165) is 0 Å². The quantitative estimate of drug-likeness (QED) is 0.824. The molecule has 0 aromatic carbocycles. The van der Waals surface area contributed by atoms with Crippen LogP contribution in [0.15, 0.2) is 6.20 Å². The zero-order valence-corrected chi connectivity index (χ0v) is 9.54. The molecule has 0 saturated carbocycles. The number of aryl methyl sites for hydroxylation is 1. The van der Waals surface area contributed by atoms with Crippen LogP contribution in [0.2, 0.25) is 0 Å². The third-order valence-corrected chi connectivity index (χ3v) is 3.09. The minimum Gasteiger partial charge on any atom is -0.394 e. The molecule has 1 aromatic heterocycles. The van der Waals surface area contributed by atoms with Crippen molar-refractivity contribution in [2.24, 2.45) is 13.0 Å². The van der Waals surface area contributed by atoms with E-state index in [-0.39, 0.29) is 12.8 Å². The van der Waals surface area contributed by atoms with Crippen LogP contribution in [0.3, 0.4) is 0 Å². The van der Waals surface area contributed by atoms with Crippen LogP contribution in [0.4, 0.5) is 24.7 Å². The second-order valence-electron chi connectivity index (χ2n) is 4.38. The van der Waals surface area contributed by atoms with E-state index < -0.39 is 12.1 Å². The minimum atomic E-state index is -4.08. The first-order chi connectivity index (χ1) is 7.88. The molecule has 1 saturated heterocycles. The first-order valence-electron chi connectivity index (χ1n) is 5.48. The molecule has 7 heteroatoms. The molecule has 2 heterocycles. The summed E-state index contributed by atoms with van der Waals surface area (Å²) in [6.07, 6.45) is -2.20. The predicted octanol–water partition coefficient (Wildman–Crippen LogP) is 1.78. The third kappa shape index (κ3) is 2.48. The minimum absolute atomic E-state index is 0.111. The highest BCUT2D eigenvalue weighted by molar-refractivity contribution is 5.61. The fourth-order valence-electron chi connectivity index (χ4n) is 2.16. The molecule has 0 unspecified atom stereocenters.